The average molecular weight is 578 g/mol. The van der Waals surface area contributed by atoms with E-state index in [0.29, 0.717) is 12.0 Å². The van der Waals surface area contributed by atoms with Gasteiger partial charge in [-0.2, -0.15) is 0 Å². The molecule has 3 aromatic carbocycles. The summed E-state index contributed by atoms with van der Waals surface area (Å²) in [5, 5.41) is 29.3. The molecule has 4 aromatic rings. The number of amides is 3. The Kier molecular flexibility index (Phi) is 9.08. The predicted octanol–water partition coefficient (Wildman–Crippen LogP) is 2.47. The van der Waals surface area contributed by atoms with Gasteiger partial charge in [0, 0.05) is 35.5 Å². The maximum Gasteiger partial charge on any atom is 0.475 e. The van der Waals surface area contributed by atoms with Gasteiger partial charge in [0.1, 0.15) is 12.1 Å². The van der Waals surface area contributed by atoms with Crippen LogP contribution in [-0.4, -0.2) is 57.9 Å². The summed E-state index contributed by atoms with van der Waals surface area (Å²) in [7, 11) is -1.82. The first-order chi connectivity index (χ1) is 20.7. The molecule has 3 atom stereocenters. The number of H-pyrrole nitrogens is 1. The lowest BCUT2D eigenvalue weighted by molar-refractivity contribution is -0.131. The average Bonchev–Trinajstić information content (AvgIpc) is 3.57. The lowest BCUT2D eigenvalue weighted by Gasteiger charge is -2.25. The fraction of sp³-hybridized carbons (Fsp3) is 0.242. The quantitative estimate of drug-likeness (QED) is 0.152. The van der Waals surface area contributed by atoms with Crippen LogP contribution in [0.1, 0.15) is 36.1 Å². The maximum absolute atomic E-state index is 13.6. The predicted molar refractivity (Wildman–Crippen MR) is 167 cm³/mol. The standard InChI is InChI=1S/C33H35BN4O5/c1-20-25-13-7-6-12-23(25)17-27(20)32(40)36-21(2)31(39)37-29(18-24-19-35-28-15-9-8-14-26(24)28)33(41)38-30(34(42)43)16-22-10-4-3-5-11-22/h3-15,19,21,29-30,35,42-43H,16-18H2,1-2H3,(H,36,40)(H,37,39)(H,38,41)/t21-,29+,30+/m1/s1. The monoisotopic (exact) mass is 578 g/mol. The van der Waals surface area contributed by atoms with E-state index in [1.165, 1.54) is 0 Å². The summed E-state index contributed by atoms with van der Waals surface area (Å²) in [5.74, 6) is -2.45. The molecule has 0 saturated heterocycles. The molecule has 5 rings (SSSR count). The number of aromatic amines is 1. The summed E-state index contributed by atoms with van der Waals surface area (Å²) in [6.07, 6.45) is 2.60. The Hall–Kier alpha value is -4.67. The number of rotatable bonds is 11. The largest absolute Gasteiger partial charge is 0.475 e. The number of para-hydroxylation sites is 1. The number of fused-ring (bicyclic) bond motifs is 2. The van der Waals surface area contributed by atoms with E-state index < -0.39 is 37.0 Å². The lowest BCUT2D eigenvalue weighted by Crippen LogP contribution is -2.57. The van der Waals surface area contributed by atoms with Crippen LogP contribution in [0.25, 0.3) is 16.5 Å². The molecule has 0 bridgehead atoms. The van der Waals surface area contributed by atoms with Gasteiger partial charge in [-0.1, -0.05) is 72.8 Å². The van der Waals surface area contributed by atoms with Crippen molar-refractivity contribution >= 4 is 41.3 Å². The number of hydrogen-bond acceptors (Lipinski definition) is 5. The van der Waals surface area contributed by atoms with Gasteiger partial charge in [-0.05, 0) is 54.2 Å². The Balaban J connectivity index is 1.31. The SMILES string of the molecule is CC1=C(C(=O)N[C@H](C)C(=O)N[C@@H](Cc2c[nH]c3ccccc23)C(=O)N[C@@H](Cc2ccccc2)B(O)O)Cc2ccccc21. The zero-order chi connectivity index (χ0) is 30.5. The van der Waals surface area contributed by atoms with Crippen molar-refractivity contribution in [3.8, 4) is 0 Å². The molecule has 0 aliphatic heterocycles. The zero-order valence-electron chi connectivity index (χ0n) is 24.1. The van der Waals surface area contributed by atoms with E-state index in [9.17, 15) is 24.4 Å². The van der Waals surface area contributed by atoms with Crippen LogP contribution in [-0.2, 0) is 33.6 Å². The van der Waals surface area contributed by atoms with E-state index in [1.54, 1.807) is 13.1 Å². The van der Waals surface area contributed by atoms with Crippen LogP contribution in [0.5, 0.6) is 0 Å². The fourth-order valence-corrected chi connectivity index (χ4v) is 5.53. The highest BCUT2D eigenvalue weighted by atomic mass is 16.4. The first kappa shape index (κ1) is 29.8. The minimum atomic E-state index is -1.82. The summed E-state index contributed by atoms with van der Waals surface area (Å²) in [4.78, 5) is 43.3. The number of nitrogens with one attached hydrogen (secondary N) is 4. The van der Waals surface area contributed by atoms with Gasteiger partial charge in [-0.3, -0.25) is 14.4 Å². The van der Waals surface area contributed by atoms with E-state index in [1.807, 2.05) is 85.8 Å². The van der Waals surface area contributed by atoms with E-state index >= 15 is 0 Å². The zero-order valence-corrected chi connectivity index (χ0v) is 24.1. The Bertz CT molecular complexity index is 1670. The van der Waals surface area contributed by atoms with Crippen molar-refractivity contribution < 1.29 is 24.4 Å². The summed E-state index contributed by atoms with van der Waals surface area (Å²) in [5.41, 5.74) is 6.08. The van der Waals surface area contributed by atoms with E-state index in [0.717, 1.165) is 38.7 Å². The third kappa shape index (κ3) is 6.88. The molecule has 0 unspecified atom stereocenters. The summed E-state index contributed by atoms with van der Waals surface area (Å²) >= 11 is 0. The molecule has 10 heteroatoms. The second-order valence-corrected chi connectivity index (χ2v) is 11.0. The van der Waals surface area contributed by atoms with Crippen LogP contribution >= 0.6 is 0 Å². The molecule has 0 radical (unpaired) electrons. The maximum atomic E-state index is 13.6. The summed E-state index contributed by atoms with van der Waals surface area (Å²) in [6, 6.07) is 22.6. The summed E-state index contributed by atoms with van der Waals surface area (Å²) < 4.78 is 0. The molecule has 1 heterocycles. The first-order valence-corrected chi connectivity index (χ1v) is 14.4. The third-order valence-corrected chi connectivity index (χ3v) is 7.97. The van der Waals surface area contributed by atoms with Gasteiger partial charge >= 0.3 is 7.12 Å². The lowest BCUT2D eigenvalue weighted by atomic mass is 9.75. The van der Waals surface area contributed by atoms with Gasteiger partial charge in [0.05, 0.1) is 5.94 Å². The molecule has 0 spiro atoms. The molecule has 1 aromatic heterocycles. The van der Waals surface area contributed by atoms with Crippen molar-refractivity contribution in [1.29, 1.82) is 0 Å². The molecule has 6 N–H and O–H groups in total. The highest BCUT2D eigenvalue weighted by Crippen LogP contribution is 2.32. The first-order valence-electron chi connectivity index (χ1n) is 14.4. The van der Waals surface area contributed by atoms with Crippen LogP contribution < -0.4 is 16.0 Å². The number of hydrogen-bond donors (Lipinski definition) is 6. The molecule has 9 nitrogen and oxygen atoms in total. The normalized spacial score (nSPS) is 14.5. The second-order valence-electron chi connectivity index (χ2n) is 11.0. The fourth-order valence-electron chi connectivity index (χ4n) is 5.53. The second kappa shape index (κ2) is 13.1. The van der Waals surface area contributed by atoms with Crippen LogP contribution in [0.15, 0.2) is 90.6 Å². The number of aromatic nitrogens is 1. The van der Waals surface area contributed by atoms with E-state index in [2.05, 4.69) is 20.9 Å². The third-order valence-electron chi connectivity index (χ3n) is 7.97. The Morgan fingerprint density at radius 3 is 2.30 bits per heavy atom. The molecular formula is C33H35BN4O5. The molecular weight excluding hydrogens is 543 g/mol. The van der Waals surface area contributed by atoms with Gasteiger partial charge in [0.2, 0.25) is 17.7 Å². The van der Waals surface area contributed by atoms with Crippen molar-refractivity contribution in [3.05, 3.63) is 113 Å². The highest BCUT2D eigenvalue weighted by molar-refractivity contribution is 6.43. The molecule has 1 aliphatic rings. The smallest absolute Gasteiger partial charge is 0.426 e. The Morgan fingerprint density at radius 1 is 0.860 bits per heavy atom. The Labute approximate surface area is 250 Å². The van der Waals surface area contributed by atoms with Gasteiger partial charge in [-0.15, -0.1) is 0 Å². The van der Waals surface area contributed by atoms with Gasteiger partial charge in [-0.25, -0.2) is 0 Å². The minimum Gasteiger partial charge on any atom is -0.426 e. The van der Waals surface area contributed by atoms with Crippen molar-refractivity contribution in [1.82, 2.24) is 20.9 Å². The molecule has 3 amide bonds. The summed E-state index contributed by atoms with van der Waals surface area (Å²) in [6.45, 7) is 3.47. The van der Waals surface area contributed by atoms with Crippen LogP contribution in [0.4, 0.5) is 0 Å². The number of benzene rings is 3. The van der Waals surface area contributed by atoms with Crippen molar-refractivity contribution in [3.63, 3.8) is 0 Å². The van der Waals surface area contributed by atoms with Crippen molar-refractivity contribution in [2.24, 2.45) is 0 Å². The van der Waals surface area contributed by atoms with Crippen molar-refractivity contribution in [2.45, 2.75) is 51.1 Å². The van der Waals surface area contributed by atoms with E-state index in [-0.39, 0.29) is 18.7 Å². The van der Waals surface area contributed by atoms with E-state index in [4.69, 9.17) is 0 Å². The number of allylic oxidation sites excluding steroid dienone is 1. The van der Waals surface area contributed by atoms with Crippen LogP contribution in [0.2, 0.25) is 0 Å². The molecule has 0 fully saturated rings. The van der Waals surface area contributed by atoms with Gasteiger partial charge in [0.25, 0.3) is 0 Å². The molecule has 43 heavy (non-hydrogen) atoms. The van der Waals surface area contributed by atoms with Crippen LogP contribution in [0.3, 0.4) is 0 Å². The minimum absolute atomic E-state index is 0.140. The molecule has 1 aliphatic carbocycles. The Morgan fingerprint density at radius 2 is 1.56 bits per heavy atom. The molecule has 0 saturated carbocycles. The number of carbonyl (C=O) groups excluding carboxylic acids is 3. The van der Waals surface area contributed by atoms with Crippen molar-refractivity contribution in [2.75, 3.05) is 0 Å². The molecule has 220 valence electrons. The highest BCUT2D eigenvalue weighted by Gasteiger charge is 2.32. The van der Waals surface area contributed by atoms with Gasteiger partial charge in [0.15, 0.2) is 0 Å². The van der Waals surface area contributed by atoms with Crippen LogP contribution in [0, 0.1) is 0 Å². The number of carbonyl (C=O) groups is 3. The van der Waals surface area contributed by atoms with Gasteiger partial charge < -0.3 is 31.0 Å². The topological polar surface area (TPSA) is 144 Å².